The first-order valence-electron chi connectivity index (χ1n) is 10.7. The third kappa shape index (κ3) is 7.22. The van der Waals surface area contributed by atoms with Gasteiger partial charge in [-0.05, 0) is 17.2 Å². The van der Waals surface area contributed by atoms with E-state index in [0.717, 1.165) is 0 Å². The van der Waals surface area contributed by atoms with Crippen molar-refractivity contribution < 1.29 is 42.2 Å². The first-order valence-corrected chi connectivity index (χ1v) is 14.7. The second kappa shape index (κ2) is 12.1. The van der Waals surface area contributed by atoms with Crippen molar-refractivity contribution in [3.8, 4) is 5.88 Å². The Labute approximate surface area is 216 Å². The van der Waals surface area contributed by atoms with Crippen molar-refractivity contribution in [3.63, 3.8) is 0 Å². The van der Waals surface area contributed by atoms with E-state index in [1.54, 1.807) is 18.2 Å². The molecule has 37 heavy (non-hydrogen) atoms. The Kier molecular flexibility index (Phi) is 9.60. The number of imidazole rings is 1. The lowest BCUT2D eigenvalue weighted by atomic mass is 9.90. The van der Waals surface area contributed by atoms with Gasteiger partial charge in [0.05, 0.1) is 25.7 Å². The first kappa shape index (κ1) is 29.3. The van der Waals surface area contributed by atoms with Gasteiger partial charge in [-0.15, -0.1) is 6.58 Å². The van der Waals surface area contributed by atoms with Crippen LogP contribution >= 0.6 is 26.8 Å². The molecule has 1 aliphatic heterocycles. The average Bonchev–Trinajstić information content (AvgIpc) is 3.39. The summed E-state index contributed by atoms with van der Waals surface area (Å²) >= 11 is 6.11. The molecule has 5 atom stereocenters. The fourth-order valence-electron chi connectivity index (χ4n) is 3.86. The molecule has 2 aromatic heterocycles. The summed E-state index contributed by atoms with van der Waals surface area (Å²) in [5, 5.41) is -0.161. The van der Waals surface area contributed by atoms with Crippen molar-refractivity contribution >= 4 is 38.0 Å². The van der Waals surface area contributed by atoms with E-state index in [9.17, 15) is 18.4 Å². The van der Waals surface area contributed by atoms with Gasteiger partial charge in [0, 0.05) is 11.8 Å². The summed E-state index contributed by atoms with van der Waals surface area (Å²) in [7, 11) is -9.47. The number of aromatic nitrogens is 4. The Balaban J connectivity index is 1.89. The van der Waals surface area contributed by atoms with Crippen LogP contribution in [0.25, 0.3) is 11.2 Å². The predicted octanol–water partition coefficient (Wildman–Crippen LogP) is 3.78. The van der Waals surface area contributed by atoms with E-state index in [1.165, 1.54) is 17.0 Å². The van der Waals surface area contributed by atoms with Gasteiger partial charge in [0.25, 0.3) is 0 Å². The summed E-state index contributed by atoms with van der Waals surface area (Å²) in [6, 6.07) is 0. The molecule has 3 rings (SSSR count). The van der Waals surface area contributed by atoms with E-state index in [2.05, 4.69) is 34.7 Å². The van der Waals surface area contributed by atoms with Crippen LogP contribution in [0.2, 0.25) is 5.28 Å². The van der Waals surface area contributed by atoms with Crippen LogP contribution in [0.5, 0.6) is 5.88 Å². The Morgan fingerprint density at radius 3 is 2.59 bits per heavy atom. The van der Waals surface area contributed by atoms with Gasteiger partial charge in [-0.1, -0.05) is 37.5 Å². The molecular weight excluding hydrogens is 553 g/mol. The normalized spacial score (nSPS) is 24.1. The van der Waals surface area contributed by atoms with Gasteiger partial charge in [0.15, 0.2) is 17.1 Å². The van der Waals surface area contributed by atoms with Gasteiger partial charge in [0.1, 0.15) is 12.8 Å². The highest BCUT2D eigenvalue weighted by atomic mass is 35.5. The zero-order valence-corrected chi connectivity index (χ0v) is 22.0. The summed E-state index contributed by atoms with van der Waals surface area (Å²) in [5.74, 6) is -2.81. The highest BCUT2D eigenvalue weighted by Crippen LogP contribution is 2.56. The SMILES string of the molecule is C=C/C=C(\C=C)COc1nc(Cl)nc2c1ncn2[C@@H]1O[C@H](COP(=O)(O)CP(=O)(O)O)[C@@H](C=C)[C@@H]1CF. The topological polar surface area (TPSA) is 166 Å². The van der Waals surface area contributed by atoms with Crippen LogP contribution in [0.15, 0.2) is 55.9 Å². The molecule has 0 radical (unpaired) electrons. The van der Waals surface area contributed by atoms with Crippen molar-refractivity contribution in [1.29, 1.82) is 0 Å². The van der Waals surface area contributed by atoms with E-state index >= 15 is 0 Å². The highest BCUT2D eigenvalue weighted by molar-refractivity contribution is 7.70. The number of alkyl halides is 1. The molecule has 0 saturated carbocycles. The van der Waals surface area contributed by atoms with Crippen LogP contribution in [0.4, 0.5) is 4.39 Å². The number of hydrogen-bond acceptors (Lipinski definition) is 8. The molecule has 0 amide bonds. The predicted molar refractivity (Wildman–Crippen MR) is 134 cm³/mol. The maximum Gasteiger partial charge on any atom is 0.340 e. The van der Waals surface area contributed by atoms with Crippen LogP contribution in [0.3, 0.4) is 0 Å². The zero-order chi connectivity index (χ0) is 27.4. The number of allylic oxidation sites excluding steroid dienone is 2. The fraction of sp³-hybridized carbons (Fsp3) is 0.381. The van der Waals surface area contributed by atoms with Gasteiger partial charge >= 0.3 is 15.2 Å². The summed E-state index contributed by atoms with van der Waals surface area (Å²) in [5.41, 5.74) is 1.12. The van der Waals surface area contributed by atoms with Crippen LogP contribution in [0, 0.1) is 11.8 Å². The van der Waals surface area contributed by atoms with E-state index < -0.39 is 58.5 Å². The third-order valence-corrected chi connectivity index (χ3v) is 9.09. The number of ether oxygens (including phenoxy) is 2. The molecule has 1 fully saturated rings. The summed E-state index contributed by atoms with van der Waals surface area (Å²) < 4.78 is 55.4. The summed E-state index contributed by atoms with van der Waals surface area (Å²) in [6.45, 7) is 9.69. The van der Waals surface area contributed by atoms with Gasteiger partial charge in [-0.2, -0.15) is 9.97 Å². The molecule has 16 heteroatoms. The Bertz CT molecular complexity index is 1300. The lowest BCUT2D eigenvalue weighted by molar-refractivity contribution is -0.0325. The van der Waals surface area contributed by atoms with Crippen LogP contribution in [0.1, 0.15) is 6.23 Å². The van der Waals surface area contributed by atoms with Crippen LogP contribution in [-0.2, 0) is 18.4 Å². The molecule has 2 aromatic rings. The Morgan fingerprint density at radius 1 is 1.27 bits per heavy atom. The van der Waals surface area contributed by atoms with Gasteiger partial charge in [0.2, 0.25) is 11.2 Å². The minimum atomic E-state index is -4.82. The lowest BCUT2D eigenvalue weighted by Crippen LogP contribution is -2.24. The molecule has 1 aliphatic rings. The van der Waals surface area contributed by atoms with Crippen molar-refractivity contribution in [2.75, 3.05) is 25.8 Å². The molecule has 3 heterocycles. The van der Waals surface area contributed by atoms with E-state index in [1.807, 2.05) is 0 Å². The van der Waals surface area contributed by atoms with Gasteiger partial charge in [-0.25, -0.2) is 4.98 Å². The molecule has 0 bridgehead atoms. The number of hydrogen-bond donors (Lipinski definition) is 3. The number of nitrogens with zero attached hydrogens (tertiary/aromatic N) is 4. The number of fused-ring (bicyclic) bond motifs is 1. The summed E-state index contributed by atoms with van der Waals surface area (Å²) in [6.07, 6.45) is 5.65. The zero-order valence-electron chi connectivity index (χ0n) is 19.5. The quantitative estimate of drug-likeness (QED) is 0.137. The third-order valence-electron chi connectivity index (χ3n) is 5.46. The van der Waals surface area contributed by atoms with Crippen molar-refractivity contribution in [2.24, 2.45) is 11.8 Å². The minimum absolute atomic E-state index is 0.0687. The average molecular weight is 579 g/mol. The monoisotopic (exact) mass is 578 g/mol. The van der Waals surface area contributed by atoms with Crippen molar-refractivity contribution in [1.82, 2.24) is 19.5 Å². The number of rotatable bonds is 13. The minimum Gasteiger partial charge on any atom is -0.471 e. The van der Waals surface area contributed by atoms with Crippen LogP contribution in [-0.4, -0.2) is 66.1 Å². The molecule has 12 nitrogen and oxygen atoms in total. The second-order valence-electron chi connectivity index (χ2n) is 8.03. The molecule has 3 N–H and O–H groups in total. The van der Waals surface area contributed by atoms with E-state index in [0.29, 0.717) is 5.57 Å². The van der Waals surface area contributed by atoms with Crippen molar-refractivity contribution in [3.05, 3.63) is 61.2 Å². The second-order valence-corrected chi connectivity index (χ2v) is 12.4. The van der Waals surface area contributed by atoms with Crippen LogP contribution < -0.4 is 4.74 Å². The molecule has 0 spiro atoms. The maximum atomic E-state index is 14.2. The largest absolute Gasteiger partial charge is 0.471 e. The lowest BCUT2D eigenvalue weighted by Gasteiger charge is -2.19. The molecule has 202 valence electrons. The molecule has 1 unspecified atom stereocenters. The number of halogens is 2. The molecule has 1 saturated heterocycles. The fourth-order valence-corrected chi connectivity index (χ4v) is 6.58. The van der Waals surface area contributed by atoms with Gasteiger partial charge < -0.3 is 28.7 Å². The molecular formula is C21H26ClFN4O8P2. The standard InChI is InChI=1S/C21H26ClFN4O8P2/c1-4-7-13(5-2)9-33-19-17-18(25-21(22)26-19)27(11-24-17)20-15(8-23)14(6-3)16(35-20)10-34-37(31,32)12-36(28,29)30/h4-7,11,14-16,20H,1-3,8-10,12H2,(H,31,32)(H2,28,29,30)/b13-7+/t14-,15-,16+,20+/m0/s1. The summed E-state index contributed by atoms with van der Waals surface area (Å²) in [4.78, 5) is 40.3. The Hall–Kier alpha value is -2.21. The van der Waals surface area contributed by atoms with E-state index in [-0.39, 0.29) is 28.9 Å². The van der Waals surface area contributed by atoms with E-state index in [4.69, 9.17) is 35.4 Å². The Morgan fingerprint density at radius 2 is 2.00 bits per heavy atom. The highest BCUT2D eigenvalue weighted by Gasteiger charge is 2.46. The maximum absolute atomic E-state index is 14.2. The molecule has 0 aliphatic carbocycles. The smallest absolute Gasteiger partial charge is 0.340 e. The van der Waals surface area contributed by atoms with Gasteiger partial charge in [-0.3, -0.25) is 18.1 Å². The first-order chi connectivity index (χ1) is 17.4. The van der Waals surface area contributed by atoms with Crippen molar-refractivity contribution in [2.45, 2.75) is 12.3 Å². The molecule has 0 aromatic carbocycles.